The summed E-state index contributed by atoms with van der Waals surface area (Å²) in [6, 6.07) is 4.26. The molecule has 1 amide bonds. The summed E-state index contributed by atoms with van der Waals surface area (Å²) < 4.78 is 4.84. The van der Waals surface area contributed by atoms with Gasteiger partial charge in [-0.05, 0) is 6.07 Å². The zero-order valence-electron chi connectivity index (χ0n) is 8.80. The SMILES string of the molecule is COCCc1c(C(N)=O)cccc1[N+](=O)[O-]. The number of hydrogen-bond acceptors (Lipinski definition) is 4. The molecule has 1 rings (SSSR count). The van der Waals surface area contributed by atoms with Crippen LogP contribution >= 0.6 is 0 Å². The Morgan fingerprint density at radius 3 is 2.75 bits per heavy atom. The maximum atomic E-state index is 11.1. The summed E-state index contributed by atoms with van der Waals surface area (Å²) in [5.74, 6) is -0.671. The quantitative estimate of drug-likeness (QED) is 0.593. The number of carbonyl (C=O) groups excluding carboxylic acids is 1. The highest BCUT2D eigenvalue weighted by Gasteiger charge is 2.19. The fourth-order valence-corrected chi connectivity index (χ4v) is 1.44. The van der Waals surface area contributed by atoms with E-state index in [0.29, 0.717) is 12.2 Å². The van der Waals surface area contributed by atoms with Crippen LogP contribution in [-0.2, 0) is 11.2 Å². The summed E-state index contributed by atoms with van der Waals surface area (Å²) in [5.41, 5.74) is 5.54. The number of methoxy groups -OCH3 is 1. The first-order chi connectivity index (χ1) is 7.57. The number of hydrogen-bond donors (Lipinski definition) is 1. The van der Waals surface area contributed by atoms with Crippen LogP contribution in [0.2, 0.25) is 0 Å². The van der Waals surface area contributed by atoms with Gasteiger partial charge in [0.25, 0.3) is 5.69 Å². The standard InChI is InChI=1S/C10H12N2O4/c1-16-6-5-7-8(10(11)13)3-2-4-9(7)12(14)15/h2-4H,5-6H2,1H3,(H2,11,13). The normalized spacial score (nSPS) is 10.1. The zero-order chi connectivity index (χ0) is 12.1. The van der Waals surface area contributed by atoms with E-state index in [1.807, 2.05) is 0 Å². The number of carbonyl (C=O) groups is 1. The number of nitrogens with two attached hydrogens (primary N) is 1. The van der Waals surface area contributed by atoms with Crippen molar-refractivity contribution >= 4 is 11.6 Å². The minimum absolute atomic E-state index is 0.103. The molecule has 1 aromatic carbocycles. The van der Waals surface area contributed by atoms with Crippen LogP contribution in [0.15, 0.2) is 18.2 Å². The summed E-state index contributed by atoms with van der Waals surface area (Å²) in [6.45, 7) is 0.297. The van der Waals surface area contributed by atoms with Crippen LogP contribution in [0.4, 0.5) is 5.69 Å². The van der Waals surface area contributed by atoms with Gasteiger partial charge in [0.1, 0.15) is 0 Å². The van der Waals surface area contributed by atoms with E-state index in [1.54, 1.807) is 0 Å². The van der Waals surface area contributed by atoms with Gasteiger partial charge >= 0.3 is 0 Å². The van der Waals surface area contributed by atoms with Gasteiger partial charge in [-0.1, -0.05) is 6.07 Å². The molecule has 0 heterocycles. The number of nitro groups is 1. The molecule has 0 fully saturated rings. The summed E-state index contributed by atoms with van der Waals surface area (Å²) in [7, 11) is 1.48. The van der Waals surface area contributed by atoms with Crippen LogP contribution in [0.3, 0.4) is 0 Å². The van der Waals surface area contributed by atoms with Crippen LogP contribution in [-0.4, -0.2) is 24.5 Å². The molecule has 0 aliphatic heterocycles. The Kier molecular flexibility index (Phi) is 3.96. The minimum atomic E-state index is -0.671. The molecule has 16 heavy (non-hydrogen) atoms. The minimum Gasteiger partial charge on any atom is -0.384 e. The zero-order valence-corrected chi connectivity index (χ0v) is 8.80. The molecule has 0 bridgehead atoms. The van der Waals surface area contributed by atoms with Crippen molar-refractivity contribution in [1.29, 1.82) is 0 Å². The van der Waals surface area contributed by atoms with Gasteiger partial charge in [0.2, 0.25) is 5.91 Å². The van der Waals surface area contributed by atoms with Crippen molar-refractivity contribution in [2.75, 3.05) is 13.7 Å². The Balaban J connectivity index is 3.23. The largest absolute Gasteiger partial charge is 0.384 e. The second kappa shape index (κ2) is 5.22. The third kappa shape index (κ3) is 2.54. The summed E-state index contributed by atoms with van der Waals surface area (Å²) >= 11 is 0. The number of ether oxygens (including phenoxy) is 1. The molecule has 0 unspecified atom stereocenters. The molecule has 86 valence electrons. The van der Waals surface area contributed by atoms with Crippen molar-refractivity contribution in [2.24, 2.45) is 5.73 Å². The van der Waals surface area contributed by atoms with E-state index < -0.39 is 10.8 Å². The number of amides is 1. The lowest BCUT2D eigenvalue weighted by atomic mass is 10.0. The number of primary amides is 1. The van der Waals surface area contributed by atoms with E-state index in [0.717, 1.165) is 0 Å². The summed E-state index contributed by atoms with van der Waals surface area (Å²) in [5, 5.41) is 10.8. The average molecular weight is 224 g/mol. The number of nitrogens with zero attached hydrogens (tertiary/aromatic N) is 1. The molecule has 2 N–H and O–H groups in total. The van der Waals surface area contributed by atoms with Crippen molar-refractivity contribution in [2.45, 2.75) is 6.42 Å². The first kappa shape index (κ1) is 12.1. The lowest BCUT2D eigenvalue weighted by Crippen LogP contribution is -2.15. The highest BCUT2D eigenvalue weighted by atomic mass is 16.6. The molecule has 0 aromatic heterocycles. The molecule has 0 atom stereocenters. The Labute approximate surface area is 92.2 Å². The molecule has 0 aliphatic carbocycles. The molecule has 6 heteroatoms. The Hall–Kier alpha value is -1.95. The van der Waals surface area contributed by atoms with Gasteiger partial charge < -0.3 is 10.5 Å². The third-order valence-corrected chi connectivity index (χ3v) is 2.17. The highest BCUT2D eigenvalue weighted by molar-refractivity contribution is 5.95. The van der Waals surface area contributed by atoms with Gasteiger partial charge in [0, 0.05) is 30.7 Å². The van der Waals surface area contributed by atoms with E-state index in [-0.39, 0.29) is 17.7 Å². The van der Waals surface area contributed by atoms with Gasteiger partial charge in [0.15, 0.2) is 0 Å². The molecule has 6 nitrogen and oxygen atoms in total. The van der Waals surface area contributed by atoms with Crippen LogP contribution in [0.25, 0.3) is 0 Å². The number of benzene rings is 1. The van der Waals surface area contributed by atoms with Crippen molar-refractivity contribution < 1.29 is 14.5 Å². The Bertz CT molecular complexity index is 385. The van der Waals surface area contributed by atoms with Crippen molar-refractivity contribution in [3.63, 3.8) is 0 Å². The topological polar surface area (TPSA) is 95.5 Å². The predicted octanol–water partition coefficient (Wildman–Crippen LogP) is 0.883. The van der Waals surface area contributed by atoms with E-state index in [1.165, 1.54) is 25.3 Å². The van der Waals surface area contributed by atoms with Crippen LogP contribution in [0.5, 0.6) is 0 Å². The molecule has 0 radical (unpaired) electrons. The van der Waals surface area contributed by atoms with Gasteiger partial charge in [-0.15, -0.1) is 0 Å². The lowest BCUT2D eigenvalue weighted by molar-refractivity contribution is -0.385. The number of rotatable bonds is 5. The molecule has 1 aromatic rings. The molecule has 0 aliphatic rings. The second-order valence-corrected chi connectivity index (χ2v) is 3.17. The first-order valence-corrected chi connectivity index (χ1v) is 4.63. The summed E-state index contributed by atoms with van der Waals surface area (Å²) in [6.07, 6.45) is 0.284. The van der Waals surface area contributed by atoms with Gasteiger partial charge in [-0.2, -0.15) is 0 Å². The lowest BCUT2D eigenvalue weighted by Gasteiger charge is -2.06. The average Bonchev–Trinajstić information content (AvgIpc) is 2.25. The van der Waals surface area contributed by atoms with Gasteiger partial charge in [-0.25, -0.2) is 0 Å². The van der Waals surface area contributed by atoms with Gasteiger partial charge in [-0.3, -0.25) is 14.9 Å². The Morgan fingerprint density at radius 2 is 2.25 bits per heavy atom. The number of nitro benzene ring substituents is 1. The van der Waals surface area contributed by atoms with Crippen LogP contribution in [0, 0.1) is 10.1 Å². The third-order valence-electron chi connectivity index (χ3n) is 2.17. The molecule has 0 saturated carbocycles. The fourth-order valence-electron chi connectivity index (χ4n) is 1.44. The first-order valence-electron chi connectivity index (χ1n) is 4.63. The monoisotopic (exact) mass is 224 g/mol. The maximum absolute atomic E-state index is 11.1. The van der Waals surface area contributed by atoms with E-state index in [4.69, 9.17) is 10.5 Å². The Morgan fingerprint density at radius 1 is 1.56 bits per heavy atom. The highest BCUT2D eigenvalue weighted by Crippen LogP contribution is 2.22. The molecular weight excluding hydrogens is 212 g/mol. The second-order valence-electron chi connectivity index (χ2n) is 3.17. The van der Waals surface area contributed by atoms with Gasteiger partial charge in [0.05, 0.1) is 11.5 Å². The van der Waals surface area contributed by atoms with Crippen molar-refractivity contribution in [3.8, 4) is 0 Å². The van der Waals surface area contributed by atoms with E-state index in [9.17, 15) is 14.9 Å². The molecule has 0 saturated heterocycles. The molecule has 0 spiro atoms. The van der Waals surface area contributed by atoms with E-state index in [2.05, 4.69) is 0 Å². The molecular formula is C10H12N2O4. The predicted molar refractivity (Wildman–Crippen MR) is 57.2 cm³/mol. The van der Waals surface area contributed by atoms with Crippen molar-refractivity contribution in [3.05, 3.63) is 39.4 Å². The maximum Gasteiger partial charge on any atom is 0.273 e. The smallest absolute Gasteiger partial charge is 0.273 e. The summed E-state index contributed by atoms with van der Waals surface area (Å²) in [4.78, 5) is 21.4. The van der Waals surface area contributed by atoms with Crippen LogP contribution < -0.4 is 5.73 Å². The van der Waals surface area contributed by atoms with Crippen LogP contribution in [0.1, 0.15) is 15.9 Å². The van der Waals surface area contributed by atoms with E-state index >= 15 is 0 Å². The fraction of sp³-hybridized carbons (Fsp3) is 0.300. The van der Waals surface area contributed by atoms with Crippen molar-refractivity contribution in [1.82, 2.24) is 0 Å².